The van der Waals surface area contributed by atoms with Gasteiger partial charge in [-0.3, -0.25) is 9.69 Å². The zero-order valence-corrected chi connectivity index (χ0v) is 19.4. The van der Waals surface area contributed by atoms with Crippen molar-refractivity contribution in [3.05, 3.63) is 59.2 Å². The number of hydrogen-bond acceptors (Lipinski definition) is 5. The third kappa shape index (κ3) is 5.08. The van der Waals surface area contributed by atoms with Crippen LogP contribution < -0.4 is 10.1 Å². The second-order valence-corrected chi connectivity index (χ2v) is 10.0. The Morgan fingerprint density at radius 3 is 2.55 bits per heavy atom. The Morgan fingerprint density at radius 2 is 1.90 bits per heavy atom. The number of methoxy groups -OCH3 is 1. The van der Waals surface area contributed by atoms with Crippen LogP contribution in [-0.2, 0) is 23.0 Å². The van der Waals surface area contributed by atoms with Crippen molar-refractivity contribution in [3.63, 3.8) is 0 Å². The monoisotopic (exact) mass is 445 g/mol. The quantitative estimate of drug-likeness (QED) is 0.676. The van der Waals surface area contributed by atoms with Gasteiger partial charge in [-0.15, -0.1) is 0 Å². The normalized spacial score (nSPS) is 15.4. The predicted molar refractivity (Wildman–Crippen MR) is 121 cm³/mol. The van der Waals surface area contributed by atoms with E-state index in [0.29, 0.717) is 12.1 Å². The van der Waals surface area contributed by atoms with Crippen LogP contribution in [0.1, 0.15) is 34.8 Å². The number of rotatable bonds is 8. The van der Waals surface area contributed by atoms with Gasteiger partial charge in [0.1, 0.15) is 10.6 Å². The molecule has 2 aromatic carbocycles. The third-order valence-electron chi connectivity index (χ3n) is 5.83. The third-order valence-corrected chi connectivity index (χ3v) is 7.67. The summed E-state index contributed by atoms with van der Waals surface area (Å²) in [5.74, 6) is -0.0858. The Kier molecular flexibility index (Phi) is 7.35. The fourth-order valence-corrected chi connectivity index (χ4v) is 4.96. The van der Waals surface area contributed by atoms with Crippen LogP contribution in [0.4, 0.5) is 0 Å². The number of carbonyl (C=O) groups is 1. The smallest absolute Gasteiger partial charge is 0.251 e. The molecule has 0 radical (unpaired) electrons. The van der Waals surface area contributed by atoms with Crippen LogP contribution in [0.3, 0.4) is 0 Å². The van der Waals surface area contributed by atoms with E-state index in [2.05, 4.69) is 41.4 Å². The first-order valence-corrected chi connectivity index (χ1v) is 11.9. The lowest BCUT2D eigenvalue weighted by Gasteiger charge is -2.35. The van der Waals surface area contributed by atoms with Gasteiger partial charge < -0.3 is 10.1 Å². The van der Waals surface area contributed by atoms with Crippen molar-refractivity contribution in [2.75, 3.05) is 34.3 Å². The summed E-state index contributed by atoms with van der Waals surface area (Å²) in [6.07, 6.45) is 1.91. The van der Waals surface area contributed by atoms with E-state index in [0.717, 1.165) is 30.2 Å². The molecule has 3 rings (SSSR count). The van der Waals surface area contributed by atoms with Crippen LogP contribution in [0.2, 0.25) is 0 Å². The number of fused-ring (bicyclic) bond motifs is 1. The van der Waals surface area contributed by atoms with Crippen molar-refractivity contribution in [2.45, 2.75) is 37.2 Å². The van der Waals surface area contributed by atoms with E-state index in [4.69, 9.17) is 4.74 Å². The molecule has 1 unspecified atom stereocenters. The Labute approximate surface area is 185 Å². The molecule has 168 valence electrons. The van der Waals surface area contributed by atoms with Gasteiger partial charge in [0.15, 0.2) is 0 Å². The number of benzene rings is 2. The van der Waals surface area contributed by atoms with Crippen LogP contribution >= 0.6 is 0 Å². The molecule has 0 saturated carbocycles. The molecule has 1 heterocycles. The molecule has 7 nitrogen and oxygen atoms in total. The second-order valence-electron chi connectivity index (χ2n) is 7.91. The molecule has 0 aliphatic carbocycles. The maximum atomic E-state index is 12.8. The van der Waals surface area contributed by atoms with Crippen molar-refractivity contribution in [2.24, 2.45) is 0 Å². The Hall–Kier alpha value is -2.42. The number of nitrogens with one attached hydrogen (secondary N) is 1. The summed E-state index contributed by atoms with van der Waals surface area (Å²) in [4.78, 5) is 15.2. The Bertz CT molecular complexity index is 1040. The molecular formula is C23H31N3O4S. The van der Waals surface area contributed by atoms with Crippen molar-refractivity contribution >= 4 is 15.9 Å². The van der Waals surface area contributed by atoms with Gasteiger partial charge in [0.25, 0.3) is 5.91 Å². The average Bonchev–Trinajstić information content (AvgIpc) is 2.78. The fourth-order valence-electron chi connectivity index (χ4n) is 3.89. The standard InChI is InChI=1S/C23H31N3O4S/c1-5-20(26-13-12-17-8-6-7-9-19(17)16-26)15-24-23(27)18-10-11-21(30-4)22(14-18)31(28,29)25(2)3/h6-11,14,20H,5,12-13,15-16H2,1-4H3,(H,24,27). The highest BCUT2D eigenvalue weighted by Crippen LogP contribution is 2.27. The molecule has 1 amide bonds. The molecule has 0 aromatic heterocycles. The summed E-state index contributed by atoms with van der Waals surface area (Å²) >= 11 is 0. The van der Waals surface area contributed by atoms with Gasteiger partial charge in [0.2, 0.25) is 10.0 Å². The van der Waals surface area contributed by atoms with Crippen LogP contribution in [0, 0.1) is 0 Å². The van der Waals surface area contributed by atoms with E-state index in [1.54, 1.807) is 6.07 Å². The minimum Gasteiger partial charge on any atom is -0.495 e. The first-order chi connectivity index (χ1) is 14.8. The SMILES string of the molecule is CCC(CNC(=O)c1ccc(OC)c(S(=O)(=O)N(C)C)c1)N1CCc2ccccc2C1. The molecule has 1 aliphatic rings. The molecular weight excluding hydrogens is 414 g/mol. The van der Waals surface area contributed by atoms with Crippen LogP contribution in [0.15, 0.2) is 47.4 Å². The van der Waals surface area contributed by atoms with Gasteiger partial charge in [-0.2, -0.15) is 0 Å². The van der Waals surface area contributed by atoms with E-state index in [1.807, 2.05) is 0 Å². The van der Waals surface area contributed by atoms with E-state index < -0.39 is 10.0 Å². The van der Waals surface area contributed by atoms with Crippen molar-refractivity contribution in [1.29, 1.82) is 0 Å². The highest BCUT2D eigenvalue weighted by Gasteiger charge is 2.25. The largest absolute Gasteiger partial charge is 0.495 e. The summed E-state index contributed by atoms with van der Waals surface area (Å²) in [6.45, 7) is 4.45. The van der Waals surface area contributed by atoms with E-state index >= 15 is 0 Å². The zero-order valence-electron chi connectivity index (χ0n) is 18.6. The second kappa shape index (κ2) is 9.80. The lowest BCUT2D eigenvalue weighted by molar-refractivity contribution is 0.0926. The Morgan fingerprint density at radius 1 is 1.19 bits per heavy atom. The lowest BCUT2D eigenvalue weighted by Crippen LogP contribution is -2.45. The number of hydrogen-bond donors (Lipinski definition) is 1. The summed E-state index contributed by atoms with van der Waals surface area (Å²) in [6, 6.07) is 13.2. The summed E-state index contributed by atoms with van der Waals surface area (Å²) in [5.41, 5.74) is 3.03. The first kappa shape index (κ1) is 23.2. The molecule has 8 heteroatoms. The molecule has 2 aromatic rings. The summed E-state index contributed by atoms with van der Waals surface area (Å²) < 4.78 is 31.5. The van der Waals surface area contributed by atoms with Gasteiger partial charge in [0, 0.05) is 45.3 Å². The predicted octanol–water partition coefficient (Wildman–Crippen LogP) is 2.51. The minimum absolute atomic E-state index is 0.0210. The number of nitrogens with zero attached hydrogens (tertiary/aromatic N) is 2. The van der Waals surface area contributed by atoms with Crippen LogP contribution in [0.5, 0.6) is 5.75 Å². The number of amides is 1. The molecule has 1 atom stereocenters. The van der Waals surface area contributed by atoms with E-state index in [9.17, 15) is 13.2 Å². The number of carbonyl (C=O) groups excluding carboxylic acids is 1. The Balaban J connectivity index is 1.71. The maximum absolute atomic E-state index is 12.8. The van der Waals surface area contributed by atoms with E-state index in [1.165, 1.54) is 44.5 Å². The molecule has 0 fully saturated rings. The summed E-state index contributed by atoms with van der Waals surface area (Å²) in [7, 11) is 0.569. The van der Waals surface area contributed by atoms with Crippen LogP contribution in [0.25, 0.3) is 0 Å². The zero-order chi connectivity index (χ0) is 22.6. The summed E-state index contributed by atoms with van der Waals surface area (Å²) in [5, 5.41) is 2.99. The van der Waals surface area contributed by atoms with Crippen LogP contribution in [-0.4, -0.2) is 63.9 Å². The van der Waals surface area contributed by atoms with Gasteiger partial charge >= 0.3 is 0 Å². The average molecular weight is 446 g/mol. The highest BCUT2D eigenvalue weighted by molar-refractivity contribution is 7.89. The lowest BCUT2D eigenvalue weighted by atomic mass is 9.98. The molecule has 31 heavy (non-hydrogen) atoms. The van der Waals surface area contributed by atoms with Gasteiger partial charge in [-0.1, -0.05) is 31.2 Å². The van der Waals surface area contributed by atoms with E-state index in [-0.39, 0.29) is 22.6 Å². The van der Waals surface area contributed by atoms with Gasteiger partial charge in [0.05, 0.1) is 7.11 Å². The molecule has 0 bridgehead atoms. The van der Waals surface area contributed by atoms with Crippen molar-refractivity contribution < 1.29 is 17.9 Å². The number of ether oxygens (including phenoxy) is 1. The molecule has 1 N–H and O–H groups in total. The molecule has 1 aliphatic heterocycles. The highest BCUT2D eigenvalue weighted by atomic mass is 32.2. The fraction of sp³-hybridized carbons (Fsp3) is 0.435. The van der Waals surface area contributed by atoms with Crippen molar-refractivity contribution in [3.8, 4) is 5.75 Å². The van der Waals surface area contributed by atoms with Crippen molar-refractivity contribution in [1.82, 2.24) is 14.5 Å². The molecule has 0 saturated heterocycles. The number of sulfonamides is 1. The van der Waals surface area contributed by atoms with Gasteiger partial charge in [-0.25, -0.2) is 12.7 Å². The maximum Gasteiger partial charge on any atom is 0.251 e. The first-order valence-electron chi connectivity index (χ1n) is 10.5. The van der Waals surface area contributed by atoms with Gasteiger partial charge in [-0.05, 0) is 42.2 Å². The minimum atomic E-state index is -3.74. The topological polar surface area (TPSA) is 78.9 Å². The molecule has 0 spiro atoms.